The molecule has 0 aromatic heterocycles. The van der Waals surface area contributed by atoms with E-state index in [-0.39, 0.29) is 33.0 Å². The van der Waals surface area contributed by atoms with Gasteiger partial charge in [-0.3, -0.25) is 0 Å². The van der Waals surface area contributed by atoms with Crippen LogP contribution >= 0.6 is 0 Å². The van der Waals surface area contributed by atoms with Crippen molar-refractivity contribution in [2.45, 2.75) is 0 Å². The van der Waals surface area contributed by atoms with Gasteiger partial charge in [0.05, 0.1) is 0 Å². The number of hydrogen-bond acceptors (Lipinski definition) is 2. The van der Waals surface area contributed by atoms with Crippen molar-refractivity contribution in [3.63, 3.8) is 0 Å². The average molecular weight is 165 g/mol. The Bertz CT molecular complexity index is 6.00. The summed E-state index contributed by atoms with van der Waals surface area (Å²) in [4.78, 5) is 0. The molecule has 0 radical (unpaired) electrons. The minimum atomic E-state index is 0. The van der Waals surface area contributed by atoms with E-state index in [0.717, 1.165) is 0 Å². The first-order valence-electron chi connectivity index (χ1n) is 0.167. The first kappa shape index (κ1) is 20.0. The Balaban J connectivity index is -0.00000000500. The summed E-state index contributed by atoms with van der Waals surface area (Å²) in [6.07, 6.45) is 0. The van der Waals surface area contributed by atoms with Crippen LogP contribution in [0.2, 0.25) is 0 Å². The van der Waals surface area contributed by atoms with Gasteiger partial charge in [0.2, 0.25) is 0 Å². The van der Waals surface area contributed by atoms with Crippen LogP contribution in [0.4, 0.5) is 0 Å². The molecule has 0 aromatic rings. The van der Waals surface area contributed by atoms with Gasteiger partial charge in [-0.05, 0) is 0 Å². The first-order valence-corrected chi connectivity index (χ1v) is 0.500. The fourth-order valence-corrected chi connectivity index (χ4v) is 0. The van der Waals surface area contributed by atoms with Gasteiger partial charge in [-0.25, -0.2) is 0 Å². The summed E-state index contributed by atoms with van der Waals surface area (Å²) in [5, 5.41) is 0. The van der Waals surface area contributed by atoms with Crippen molar-refractivity contribution < 1.29 is 37.2 Å². The first-order chi connectivity index (χ1) is 1.00. The molecule has 0 aliphatic heterocycles. The van der Waals surface area contributed by atoms with Gasteiger partial charge >= 0.3 is 0 Å². The predicted molar refractivity (Wildman–Crippen MR) is 8.14 cm³/mol. The molecule has 0 aliphatic carbocycles. The molecule has 0 saturated carbocycles. The van der Waals surface area contributed by atoms with Crippen LogP contribution in [0.5, 0.6) is 0 Å². The van der Waals surface area contributed by atoms with E-state index in [9.17, 15) is 0 Å². The Kier molecular flexibility index (Phi) is 178. The number of rotatable bonds is 0. The third-order valence-electron chi connectivity index (χ3n) is 0. The Morgan fingerprint density at radius 2 is 1.00 bits per heavy atom. The van der Waals surface area contributed by atoms with Crippen LogP contribution in [0.1, 0.15) is 0 Å². The monoisotopic (exact) mass is 164 g/mol. The van der Waals surface area contributed by atoms with Crippen LogP contribution < -0.4 is 0 Å². The van der Waals surface area contributed by atoms with E-state index in [4.69, 9.17) is 4.21 Å². The van der Waals surface area contributed by atoms with Gasteiger partial charge in [0, 0.05) is 33.0 Å². The van der Waals surface area contributed by atoms with Crippen molar-refractivity contribution in [2.24, 2.45) is 0 Å². The molecule has 4 heteroatoms. The van der Waals surface area contributed by atoms with E-state index in [1.165, 1.54) is 0 Å². The molecule has 0 atom stereocenters. The summed E-state index contributed by atoms with van der Waals surface area (Å²) in [6.45, 7) is 0. The van der Waals surface area contributed by atoms with Gasteiger partial charge in [-0.15, -0.1) is 0 Å². The molecule has 0 unspecified atom stereocenters. The fraction of sp³-hybridized carbons (Fsp3) is 0. The molecule has 0 spiro atoms. The fourth-order valence-electron chi connectivity index (χ4n) is 0. The molecule has 4 heavy (non-hydrogen) atoms. The van der Waals surface area contributed by atoms with E-state index in [1.54, 1.807) is 0 Å². The van der Waals surface area contributed by atoms with Crippen molar-refractivity contribution in [2.75, 3.05) is 0 Å². The van der Waals surface area contributed by atoms with Crippen LogP contribution in [0.3, 0.4) is 0 Å². The average Bonchev–Trinajstić information content (AvgIpc) is 1.00. The van der Waals surface area contributed by atoms with Gasteiger partial charge in [0.15, 0.2) is 12.5 Å². The summed E-state index contributed by atoms with van der Waals surface area (Å²) >= 11 is 2.83. The largest absolute Gasteiger partial charge is 0.197 e. The second kappa shape index (κ2) is 35.7. The van der Waals surface area contributed by atoms with Crippen molar-refractivity contribution in [3.05, 3.63) is 0 Å². The number of hydrogen-bond donors (Lipinski definition) is 0. The molecule has 0 fully saturated rings. The second-order valence-electron chi connectivity index (χ2n) is 0. The van der Waals surface area contributed by atoms with Crippen LogP contribution in [0.15, 0.2) is 0 Å². The SMILES string of the molecule is O=S.[Ni].[Ni]. The molecule has 0 amide bonds. The molecular formula is Ni2OS. The smallest absolute Gasteiger partial charge is 0.197 e. The zero-order chi connectivity index (χ0) is 2.00. The van der Waals surface area contributed by atoms with Crippen LogP contribution in [0, 0.1) is 0 Å². The molecule has 0 aromatic carbocycles. The van der Waals surface area contributed by atoms with Crippen LogP contribution in [0.25, 0.3) is 0 Å². The van der Waals surface area contributed by atoms with Crippen molar-refractivity contribution in [3.8, 4) is 0 Å². The standard InChI is InChI=1S/2Ni.OS/c;;1-2. The summed E-state index contributed by atoms with van der Waals surface area (Å²) in [6, 6.07) is 0. The molecule has 1 nitrogen and oxygen atoms in total. The van der Waals surface area contributed by atoms with Crippen molar-refractivity contribution >= 4 is 12.5 Å². The van der Waals surface area contributed by atoms with E-state index in [1.807, 2.05) is 0 Å². The third kappa shape index (κ3) is 11.9. The molecular weight excluding hydrogens is 165 g/mol. The van der Waals surface area contributed by atoms with Gasteiger partial charge in [0.25, 0.3) is 0 Å². The quantitative estimate of drug-likeness (QED) is 0.457. The molecule has 0 heterocycles. The summed E-state index contributed by atoms with van der Waals surface area (Å²) < 4.78 is 7.83. The van der Waals surface area contributed by atoms with Gasteiger partial charge < -0.3 is 0 Å². The molecule has 0 bridgehead atoms. The van der Waals surface area contributed by atoms with Gasteiger partial charge in [-0.1, -0.05) is 0 Å². The Hall–Kier alpha value is 1.01. The predicted octanol–water partition coefficient (Wildman–Crippen LogP) is -0.341. The Morgan fingerprint density at radius 3 is 1.00 bits per heavy atom. The minimum Gasteiger partial charge on any atom is -0.197 e. The van der Waals surface area contributed by atoms with E-state index in [0.29, 0.717) is 0 Å². The normalized spacial score (nSPS) is 1.00. The van der Waals surface area contributed by atoms with Crippen molar-refractivity contribution in [1.82, 2.24) is 0 Å². The molecule has 32 valence electrons. The molecule has 0 N–H and O–H groups in total. The molecule has 0 aliphatic rings. The van der Waals surface area contributed by atoms with Crippen LogP contribution in [-0.2, 0) is 45.5 Å². The third-order valence-corrected chi connectivity index (χ3v) is 0. The van der Waals surface area contributed by atoms with E-state index >= 15 is 0 Å². The Morgan fingerprint density at radius 1 is 1.00 bits per heavy atom. The Labute approximate surface area is 49.9 Å². The maximum absolute atomic E-state index is 7.83. The molecule has 0 rings (SSSR count). The molecule has 0 saturated heterocycles. The van der Waals surface area contributed by atoms with Gasteiger partial charge in [-0.2, -0.15) is 4.21 Å². The maximum atomic E-state index is 7.83. The summed E-state index contributed by atoms with van der Waals surface area (Å²) in [5.41, 5.74) is 0. The van der Waals surface area contributed by atoms with Crippen LogP contribution in [-0.4, -0.2) is 4.21 Å². The minimum absolute atomic E-state index is 0. The van der Waals surface area contributed by atoms with E-state index < -0.39 is 0 Å². The van der Waals surface area contributed by atoms with Gasteiger partial charge in [0.1, 0.15) is 0 Å². The topological polar surface area (TPSA) is 17.1 Å². The maximum Gasteiger partial charge on any atom is 0.197 e. The zero-order valence-corrected chi connectivity index (χ0v) is 4.24. The summed E-state index contributed by atoms with van der Waals surface area (Å²) in [5.74, 6) is 0. The zero-order valence-electron chi connectivity index (χ0n) is 1.45. The second-order valence-corrected chi connectivity index (χ2v) is 0. The summed E-state index contributed by atoms with van der Waals surface area (Å²) in [7, 11) is 0. The van der Waals surface area contributed by atoms with Crippen molar-refractivity contribution in [1.29, 1.82) is 0 Å². The van der Waals surface area contributed by atoms with E-state index in [2.05, 4.69) is 12.5 Å².